The number of esters is 1. The molecule has 0 aromatic heterocycles. The lowest BCUT2D eigenvalue weighted by Gasteiger charge is -2.08. The summed E-state index contributed by atoms with van der Waals surface area (Å²) in [5, 5.41) is 9.15. The third-order valence-corrected chi connectivity index (χ3v) is 2.94. The second-order valence-electron chi connectivity index (χ2n) is 4.50. The average molecular weight is 275 g/mol. The first-order valence-electron chi connectivity index (χ1n) is 6.66. The zero-order valence-electron chi connectivity index (χ0n) is 11.4. The van der Waals surface area contributed by atoms with Crippen LogP contribution in [0.15, 0.2) is 18.2 Å². The van der Waals surface area contributed by atoms with Gasteiger partial charge in [0.25, 0.3) is 0 Å². The summed E-state index contributed by atoms with van der Waals surface area (Å²) < 4.78 is 15.5. The topological polar surface area (TPSA) is 71.8 Å². The molecule has 20 heavy (non-hydrogen) atoms. The number of nitriles is 1. The lowest BCUT2D eigenvalue weighted by Crippen LogP contribution is -2.07. The van der Waals surface area contributed by atoms with Crippen molar-refractivity contribution in [2.75, 3.05) is 19.8 Å². The van der Waals surface area contributed by atoms with Gasteiger partial charge in [0.05, 0.1) is 24.8 Å². The number of carbonyl (C=O) groups excluding carboxylic acids is 1. The van der Waals surface area contributed by atoms with Crippen LogP contribution in [0.4, 0.5) is 0 Å². The Morgan fingerprint density at radius 3 is 3.00 bits per heavy atom. The summed E-state index contributed by atoms with van der Waals surface area (Å²) in [5.41, 5.74) is 1.36. The largest absolute Gasteiger partial charge is 0.491 e. The molecule has 5 heteroatoms. The van der Waals surface area contributed by atoms with Gasteiger partial charge in [-0.15, -0.1) is 0 Å². The van der Waals surface area contributed by atoms with Crippen LogP contribution in [0, 0.1) is 11.3 Å². The molecular weight excluding hydrogens is 258 g/mol. The highest BCUT2D eigenvalue weighted by molar-refractivity contribution is 5.69. The average Bonchev–Trinajstić information content (AvgIpc) is 3.27. The summed E-state index contributed by atoms with van der Waals surface area (Å²) in [4.78, 5) is 11.3. The number of ether oxygens (including phenoxy) is 3. The van der Waals surface area contributed by atoms with Crippen molar-refractivity contribution in [2.24, 2.45) is 0 Å². The molecule has 0 bridgehead atoms. The number of nitrogens with zero attached hydrogens (tertiary/aromatic N) is 1. The van der Waals surface area contributed by atoms with Gasteiger partial charge in [-0.3, -0.25) is 4.79 Å². The van der Waals surface area contributed by atoms with Crippen molar-refractivity contribution >= 4 is 5.97 Å². The van der Waals surface area contributed by atoms with Crippen LogP contribution in [-0.2, 0) is 20.7 Å². The summed E-state index contributed by atoms with van der Waals surface area (Å²) in [7, 11) is 0. The van der Waals surface area contributed by atoms with Crippen LogP contribution >= 0.6 is 0 Å². The lowest BCUT2D eigenvalue weighted by atomic mass is 10.0. The Balaban J connectivity index is 1.94. The Morgan fingerprint density at radius 1 is 1.55 bits per heavy atom. The molecular formula is C15H17NO4. The minimum Gasteiger partial charge on any atom is -0.491 e. The van der Waals surface area contributed by atoms with Gasteiger partial charge in [0.1, 0.15) is 18.5 Å². The predicted octanol–water partition coefficient (Wildman–Crippen LogP) is 1.83. The fourth-order valence-electron chi connectivity index (χ4n) is 1.79. The fraction of sp³-hybridized carbons (Fsp3) is 0.467. The molecule has 0 amide bonds. The van der Waals surface area contributed by atoms with E-state index >= 15 is 0 Å². The zero-order chi connectivity index (χ0) is 14.4. The molecule has 1 aliphatic rings. The highest BCUT2D eigenvalue weighted by Crippen LogP contribution is 2.20. The highest BCUT2D eigenvalue weighted by atomic mass is 16.6. The zero-order valence-corrected chi connectivity index (χ0v) is 11.4. The van der Waals surface area contributed by atoms with E-state index in [1.807, 2.05) is 12.1 Å². The van der Waals surface area contributed by atoms with E-state index in [9.17, 15) is 4.79 Å². The van der Waals surface area contributed by atoms with Gasteiger partial charge in [-0.2, -0.15) is 5.26 Å². The van der Waals surface area contributed by atoms with Gasteiger partial charge >= 0.3 is 5.97 Å². The van der Waals surface area contributed by atoms with Crippen LogP contribution in [0.1, 0.15) is 24.5 Å². The van der Waals surface area contributed by atoms with Crippen molar-refractivity contribution in [2.45, 2.75) is 25.9 Å². The third-order valence-electron chi connectivity index (χ3n) is 2.94. The molecule has 106 valence electrons. The molecule has 0 radical (unpaired) electrons. The van der Waals surface area contributed by atoms with Crippen LogP contribution < -0.4 is 4.74 Å². The van der Waals surface area contributed by atoms with Crippen molar-refractivity contribution in [1.82, 2.24) is 0 Å². The number of aryl methyl sites for hydroxylation is 1. The Hall–Kier alpha value is -2.06. The molecule has 1 unspecified atom stereocenters. The first kappa shape index (κ1) is 14.4. The van der Waals surface area contributed by atoms with Crippen LogP contribution in [-0.4, -0.2) is 31.9 Å². The molecule has 1 fully saturated rings. The minimum absolute atomic E-state index is 0.184. The number of epoxide rings is 1. The number of hydrogen-bond donors (Lipinski definition) is 0. The summed E-state index contributed by atoms with van der Waals surface area (Å²) in [5.74, 6) is 0.402. The Kier molecular flexibility index (Phi) is 4.97. The smallest absolute Gasteiger partial charge is 0.306 e. The molecule has 0 N–H and O–H groups in total. The number of rotatable bonds is 7. The molecule has 1 aromatic rings. The van der Waals surface area contributed by atoms with Crippen LogP contribution in [0.5, 0.6) is 5.75 Å². The van der Waals surface area contributed by atoms with E-state index in [0.717, 1.165) is 12.2 Å². The number of carbonyl (C=O) groups is 1. The maximum atomic E-state index is 11.3. The van der Waals surface area contributed by atoms with Crippen molar-refractivity contribution in [1.29, 1.82) is 5.26 Å². The molecule has 1 aromatic carbocycles. The normalized spacial score (nSPS) is 16.3. The summed E-state index contributed by atoms with van der Waals surface area (Å²) in [6.45, 7) is 3.39. The second-order valence-corrected chi connectivity index (χ2v) is 4.50. The van der Waals surface area contributed by atoms with E-state index in [4.69, 9.17) is 19.5 Å². The molecule has 5 nitrogen and oxygen atoms in total. The molecule has 1 heterocycles. The van der Waals surface area contributed by atoms with Gasteiger partial charge in [-0.1, -0.05) is 6.07 Å². The predicted molar refractivity (Wildman–Crippen MR) is 71.3 cm³/mol. The molecule has 2 rings (SSSR count). The van der Waals surface area contributed by atoms with Crippen molar-refractivity contribution in [3.63, 3.8) is 0 Å². The number of hydrogen-bond acceptors (Lipinski definition) is 5. The number of benzene rings is 1. The molecule has 0 aliphatic carbocycles. The minimum atomic E-state index is -0.248. The van der Waals surface area contributed by atoms with Crippen molar-refractivity contribution in [3.05, 3.63) is 29.3 Å². The Labute approximate surface area is 118 Å². The molecule has 0 spiro atoms. The quantitative estimate of drug-likeness (QED) is 0.560. The van der Waals surface area contributed by atoms with Crippen LogP contribution in [0.2, 0.25) is 0 Å². The monoisotopic (exact) mass is 275 g/mol. The van der Waals surface area contributed by atoms with Gasteiger partial charge in [-0.25, -0.2) is 0 Å². The fourth-order valence-corrected chi connectivity index (χ4v) is 1.79. The molecule has 1 saturated heterocycles. The first-order chi connectivity index (χ1) is 9.72. The standard InChI is InChI=1S/C15H17NO4/c1-2-18-15(17)6-4-11-3-5-13(7-12(11)8-16)19-9-14-10-20-14/h3,5,7,14H,2,4,6,9-10H2,1H3. The maximum Gasteiger partial charge on any atom is 0.306 e. The van der Waals surface area contributed by atoms with Crippen LogP contribution in [0.3, 0.4) is 0 Å². The van der Waals surface area contributed by atoms with E-state index in [1.165, 1.54) is 0 Å². The van der Waals surface area contributed by atoms with Crippen molar-refractivity contribution in [3.8, 4) is 11.8 Å². The third kappa shape index (κ3) is 4.25. The lowest BCUT2D eigenvalue weighted by molar-refractivity contribution is -0.143. The van der Waals surface area contributed by atoms with Gasteiger partial charge < -0.3 is 14.2 Å². The van der Waals surface area contributed by atoms with Gasteiger partial charge in [0, 0.05) is 6.42 Å². The van der Waals surface area contributed by atoms with Gasteiger partial charge in [-0.05, 0) is 31.0 Å². The Bertz CT molecular complexity index is 517. The first-order valence-corrected chi connectivity index (χ1v) is 6.66. The van der Waals surface area contributed by atoms with E-state index in [1.54, 1.807) is 13.0 Å². The summed E-state index contributed by atoms with van der Waals surface area (Å²) in [6, 6.07) is 7.46. The van der Waals surface area contributed by atoms with Gasteiger partial charge in [0.15, 0.2) is 0 Å². The van der Waals surface area contributed by atoms with Gasteiger partial charge in [0.2, 0.25) is 0 Å². The SMILES string of the molecule is CCOC(=O)CCc1ccc(OCC2CO2)cc1C#N. The van der Waals surface area contributed by atoms with Crippen molar-refractivity contribution < 1.29 is 19.0 Å². The molecule has 1 atom stereocenters. The van der Waals surface area contributed by atoms with E-state index < -0.39 is 0 Å². The summed E-state index contributed by atoms with van der Waals surface area (Å²) in [6.07, 6.45) is 0.955. The second kappa shape index (κ2) is 6.92. The van der Waals surface area contributed by atoms with Crippen LogP contribution in [0.25, 0.3) is 0 Å². The van der Waals surface area contributed by atoms with E-state index in [0.29, 0.717) is 30.9 Å². The summed E-state index contributed by atoms with van der Waals surface area (Å²) >= 11 is 0. The maximum absolute atomic E-state index is 11.3. The highest BCUT2D eigenvalue weighted by Gasteiger charge is 2.23. The molecule has 0 saturated carbocycles. The van der Waals surface area contributed by atoms with E-state index in [2.05, 4.69) is 6.07 Å². The van der Waals surface area contributed by atoms with E-state index in [-0.39, 0.29) is 18.5 Å². The Morgan fingerprint density at radius 2 is 2.35 bits per heavy atom. The molecule has 1 aliphatic heterocycles.